The Morgan fingerprint density at radius 1 is 1.53 bits per heavy atom. The number of aliphatic hydroxyl groups is 1. The molecule has 0 aromatic heterocycles. The molecule has 3 N–H and O–H groups in total. The number of halogens is 1. The fourth-order valence-electron chi connectivity index (χ4n) is 1.65. The summed E-state index contributed by atoms with van der Waals surface area (Å²) in [7, 11) is 0. The molecule has 1 aliphatic rings. The van der Waals surface area contributed by atoms with E-state index in [0.717, 1.165) is 25.6 Å². The highest BCUT2D eigenvalue weighted by Gasteiger charge is 2.24. The highest BCUT2D eigenvalue weighted by Crippen LogP contribution is 2.12. The van der Waals surface area contributed by atoms with Crippen molar-refractivity contribution in [3.8, 4) is 0 Å². The number of piperidine rings is 1. The topological polar surface area (TPSA) is 44.3 Å². The van der Waals surface area contributed by atoms with Crippen LogP contribution in [0.4, 0.5) is 0 Å². The van der Waals surface area contributed by atoms with Gasteiger partial charge in [-0.3, -0.25) is 0 Å². The Balaban J connectivity index is 0.00000196. The van der Waals surface area contributed by atoms with Crippen LogP contribution in [0.15, 0.2) is 0 Å². The molecule has 2 unspecified atom stereocenters. The minimum atomic E-state index is -0.306. The van der Waals surface area contributed by atoms with Gasteiger partial charge in [0.05, 0.1) is 6.10 Å². The highest BCUT2D eigenvalue weighted by atomic mass is 35.5. The molecule has 0 radical (unpaired) electrons. The zero-order valence-corrected chi connectivity index (χ0v) is 10.9. The Labute approximate surface area is 99.4 Å². The Kier molecular flexibility index (Phi) is 6.76. The van der Waals surface area contributed by atoms with Gasteiger partial charge in [-0.15, -0.1) is 12.4 Å². The van der Waals surface area contributed by atoms with Gasteiger partial charge in [0.1, 0.15) is 0 Å². The Morgan fingerprint density at radius 2 is 2.20 bits per heavy atom. The third-order valence-electron chi connectivity index (χ3n) is 3.29. The lowest BCUT2D eigenvalue weighted by Crippen LogP contribution is -2.51. The average Bonchev–Trinajstić information content (AvgIpc) is 2.16. The normalized spacial score (nSPS) is 24.4. The van der Waals surface area contributed by atoms with Gasteiger partial charge >= 0.3 is 0 Å². The molecule has 1 heterocycles. The summed E-state index contributed by atoms with van der Waals surface area (Å²) in [6.07, 6.45) is 2.27. The predicted octanol–water partition coefficient (Wildman–Crippen LogP) is 1.16. The number of rotatable bonds is 4. The first-order valence-corrected chi connectivity index (χ1v) is 5.66. The lowest BCUT2D eigenvalue weighted by atomic mass is 9.95. The summed E-state index contributed by atoms with van der Waals surface area (Å²) >= 11 is 0. The molecule has 0 spiro atoms. The van der Waals surface area contributed by atoms with Crippen molar-refractivity contribution in [1.82, 2.24) is 10.6 Å². The molecule has 2 atom stereocenters. The summed E-state index contributed by atoms with van der Waals surface area (Å²) in [4.78, 5) is 0. The largest absolute Gasteiger partial charge is 0.392 e. The summed E-state index contributed by atoms with van der Waals surface area (Å²) < 4.78 is 0. The van der Waals surface area contributed by atoms with E-state index in [1.807, 2.05) is 20.8 Å². The van der Waals surface area contributed by atoms with Crippen molar-refractivity contribution in [2.75, 3.05) is 19.6 Å². The molecular weight excluding hydrogens is 212 g/mol. The van der Waals surface area contributed by atoms with Crippen LogP contribution < -0.4 is 10.6 Å². The molecular formula is C11H25ClN2O. The minimum Gasteiger partial charge on any atom is -0.392 e. The van der Waals surface area contributed by atoms with Crippen molar-refractivity contribution in [3.05, 3.63) is 0 Å². The quantitative estimate of drug-likeness (QED) is 0.687. The second-order valence-electron chi connectivity index (χ2n) is 4.99. The Morgan fingerprint density at radius 3 is 2.67 bits per heavy atom. The lowest BCUT2D eigenvalue weighted by molar-refractivity contribution is 0.0924. The standard InChI is InChI=1S/C11H24N2O.ClH/c1-9(14)11(2,3)13-8-10-5-4-6-12-7-10;/h9-10,12-14H,4-8H2,1-3H3;1H. The molecule has 3 nitrogen and oxygen atoms in total. The minimum absolute atomic E-state index is 0. The molecule has 1 rings (SSSR count). The Bertz CT molecular complexity index is 168. The first-order chi connectivity index (χ1) is 6.52. The van der Waals surface area contributed by atoms with Crippen LogP contribution in [-0.2, 0) is 0 Å². The second-order valence-corrected chi connectivity index (χ2v) is 4.99. The molecule has 92 valence electrons. The average molecular weight is 237 g/mol. The predicted molar refractivity (Wildman–Crippen MR) is 66.6 cm³/mol. The van der Waals surface area contributed by atoms with Gasteiger partial charge in [0.15, 0.2) is 0 Å². The fourth-order valence-corrected chi connectivity index (χ4v) is 1.65. The van der Waals surface area contributed by atoms with Gasteiger partial charge in [0, 0.05) is 5.54 Å². The molecule has 0 saturated carbocycles. The van der Waals surface area contributed by atoms with Crippen LogP contribution in [0, 0.1) is 5.92 Å². The van der Waals surface area contributed by atoms with Gasteiger partial charge in [-0.1, -0.05) is 0 Å². The molecule has 1 saturated heterocycles. The highest BCUT2D eigenvalue weighted by molar-refractivity contribution is 5.85. The van der Waals surface area contributed by atoms with Crippen LogP contribution in [0.5, 0.6) is 0 Å². The van der Waals surface area contributed by atoms with Crippen LogP contribution in [-0.4, -0.2) is 36.4 Å². The van der Waals surface area contributed by atoms with E-state index in [4.69, 9.17) is 0 Å². The smallest absolute Gasteiger partial charge is 0.0688 e. The van der Waals surface area contributed by atoms with Crippen molar-refractivity contribution in [2.45, 2.75) is 45.3 Å². The molecule has 1 fully saturated rings. The van der Waals surface area contributed by atoms with E-state index in [2.05, 4.69) is 10.6 Å². The molecule has 0 aromatic rings. The summed E-state index contributed by atoms with van der Waals surface area (Å²) in [5, 5.41) is 16.4. The van der Waals surface area contributed by atoms with E-state index >= 15 is 0 Å². The molecule has 0 aliphatic carbocycles. The zero-order chi connectivity index (χ0) is 10.6. The van der Waals surface area contributed by atoms with E-state index in [0.29, 0.717) is 0 Å². The van der Waals surface area contributed by atoms with Crippen LogP contribution in [0.25, 0.3) is 0 Å². The molecule has 0 amide bonds. The van der Waals surface area contributed by atoms with Gasteiger partial charge in [0.2, 0.25) is 0 Å². The number of hydrogen-bond acceptors (Lipinski definition) is 3. The van der Waals surface area contributed by atoms with E-state index in [1.165, 1.54) is 12.8 Å². The fraction of sp³-hybridized carbons (Fsp3) is 1.00. The molecule has 4 heteroatoms. The van der Waals surface area contributed by atoms with Crippen molar-refractivity contribution >= 4 is 12.4 Å². The lowest BCUT2D eigenvalue weighted by Gasteiger charge is -2.32. The summed E-state index contributed by atoms with van der Waals surface area (Å²) in [6.45, 7) is 9.22. The Hall–Kier alpha value is 0.170. The monoisotopic (exact) mass is 236 g/mol. The van der Waals surface area contributed by atoms with E-state index in [9.17, 15) is 5.11 Å². The van der Waals surface area contributed by atoms with Gasteiger partial charge in [-0.25, -0.2) is 0 Å². The zero-order valence-electron chi connectivity index (χ0n) is 10.0. The summed E-state index contributed by atoms with van der Waals surface area (Å²) in [5.41, 5.74) is -0.169. The third-order valence-corrected chi connectivity index (χ3v) is 3.29. The van der Waals surface area contributed by atoms with E-state index in [1.54, 1.807) is 0 Å². The molecule has 0 aromatic carbocycles. The number of aliphatic hydroxyl groups excluding tert-OH is 1. The molecule has 0 bridgehead atoms. The van der Waals surface area contributed by atoms with Gasteiger partial charge in [-0.2, -0.15) is 0 Å². The summed E-state index contributed by atoms with van der Waals surface area (Å²) in [6, 6.07) is 0. The maximum Gasteiger partial charge on any atom is 0.0688 e. The van der Waals surface area contributed by atoms with Gasteiger partial charge in [-0.05, 0) is 59.2 Å². The van der Waals surface area contributed by atoms with Crippen molar-refractivity contribution in [2.24, 2.45) is 5.92 Å². The SMILES string of the molecule is CC(O)C(C)(C)NCC1CCCNC1.Cl. The third kappa shape index (κ3) is 5.16. The van der Waals surface area contributed by atoms with Crippen molar-refractivity contribution < 1.29 is 5.11 Å². The van der Waals surface area contributed by atoms with Crippen LogP contribution >= 0.6 is 12.4 Å². The first kappa shape index (κ1) is 15.2. The van der Waals surface area contributed by atoms with E-state index < -0.39 is 0 Å². The maximum atomic E-state index is 9.53. The van der Waals surface area contributed by atoms with Crippen LogP contribution in [0.2, 0.25) is 0 Å². The maximum absolute atomic E-state index is 9.53. The van der Waals surface area contributed by atoms with E-state index in [-0.39, 0.29) is 24.0 Å². The summed E-state index contributed by atoms with van der Waals surface area (Å²) in [5.74, 6) is 0.724. The molecule has 1 aliphatic heterocycles. The van der Waals surface area contributed by atoms with Crippen molar-refractivity contribution in [3.63, 3.8) is 0 Å². The van der Waals surface area contributed by atoms with Crippen LogP contribution in [0.1, 0.15) is 33.6 Å². The number of hydrogen-bond donors (Lipinski definition) is 3. The first-order valence-electron chi connectivity index (χ1n) is 5.66. The van der Waals surface area contributed by atoms with Gasteiger partial charge in [0.25, 0.3) is 0 Å². The van der Waals surface area contributed by atoms with Crippen LogP contribution in [0.3, 0.4) is 0 Å². The molecule has 15 heavy (non-hydrogen) atoms. The van der Waals surface area contributed by atoms with Gasteiger partial charge < -0.3 is 15.7 Å². The van der Waals surface area contributed by atoms with Crippen molar-refractivity contribution in [1.29, 1.82) is 0 Å². The second kappa shape index (κ2) is 6.69. The number of nitrogens with one attached hydrogen (secondary N) is 2.